The molecule has 2 atom stereocenters. The lowest BCUT2D eigenvalue weighted by Gasteiger charge is -2.09. The first-order valence-electron chi connectivity index (χ1n) is 3.08. The van der Waals surface area contributed by atoms with E-state index in [2.05, 4.69) is 0 Å². The molecule has 0 aliphatic carbocycles. The van der Waals surface area contributed by atoms with Gasteiger partial charge >= 0.3 is 0 Å². The summed E-state index contributed by atoms with van der Waals surface area (Å²) < 4.78 is 15.1. The van der Waals surface area contributed by atoms with Crippen LogP contribution in [0, 0.1) is 0 Å². The van der Waals surface area contributed by atoms with Crippen molar-refractivity contribution in [3.8, 4) is 0 Å². The van der Waals surface area contributed by atoms with Crippen LogP contribution in [0.1, 0.15) is 12.8 Å². The van der Waals surface area contributed by atoms with Crippen molar-refractivity contribution in [2.24, 2.45) is 0 Å². The first-order chi connectivity index (χ1) is 4.36. The van der Waals surface area contributed by atoms with E-state index < -0.39 is 0 Å². The standard InChI is InChI=1S/C6H12O3/c1-7-5-3-4-6(8-2)9-5/h5-6H,3-4H2,1-2H3/t5-,6?/m1/s1. The second-order valence-corrected chi connectivity index (χ2v) is 2.04. The van der Waals surface area contributed by atoms with Crippen molar-refractivity contribution in [1.82, 2.24) is 0 Å². The van der Waals surface area contributed by atoms with Gasteiger partial charge in [0.2, 0.25) is 0 Å². The smallest absolute Gasteiger partial charge is 0.160 e. The Balaban J connectivity index is 2.20. The van der Waals surface area contributed by atoms with Crippen LogP contribution in [0.15, 0.2) is 0 Å². The zero-order valence-electron chi connectivity index (χ0n) is 5.79. The molecule has 1 fully saturated rings. The summed E-state index contributed by atoms with van der Waals surface area (Å²) in [6.07, 6.45) is 1.79. The molecule has 0 amide bonds. The Labute approximate surface area is 54.9 Å². The molecule has 1 heterocycles. The van der Waals surface area contributed by atoms with Crippen molar-refractivity contribution in [2.45, 2.75) is 25.4 Å². The predicted octanol–water partition coefficient (Wildman–Crippen LogP) is 0.742. The molecule has 1 aliphatic rings. The summed E-state index contributed by atoms with van der Waals surface area (Å²) in [6, 6.07) is 0. The Kier molecular flexibility index (Phi) is 2.45. The number of hydrogen-bond acceptors (Lipinski definition) is 3. The maximum absolute atomic E-state index is 5.22. The highest BCUT2D eigenvalue weighted by Crippen LogP contribution is 2.19. The van der Waals surface area contributed by atoms with Crippen LogP contribution in [0.3, 0.4) is 0 Å². The van der Waals surface area contributed by atoms with E-state index in [1.54, 1.807) is 14.2 Å². The van der Waals surface area contributed by atoms with E-state index in [1.807, 2.05) is 0 Å². The molecule has 1 unspecified atom stereocenters. The van der Waals surface area contributed by atoms with Crippen LogP contribution >= 0.6 is 0 Å². The normalized spacial score (nSPS) is 35.3. The maximum atomic E-state index is 5.22. The van der Waals surface area contributed by atoms with E-state index >= 15 is 0 Å². The molecule has 0 spiro atoms. The molecule has 0 aromatic carbocycles. The van der Waals surface area contributed by atoms with Crippen molar-refractivity contribution in [1.29, 1.82) is 0 Å². The molecule has 9 heavy (non-hydrogen) atoms. The van der Waals surface area contributed by atoms with Crippen molar-refractivity contribution in [3.63, 3.8) is 0 Å². The first-order valence-corrected chi connectivity index (χ1v) is 3.08. The van der Waals surface area contributed by atoms with Crippen molar-refractivity contribution >= 4 is 0 Å². The summed E-state index contributed by atoms with van der Waals surface area (Å²) in [5, 5.41) is 0. The van der Waals surface area contributed by atoms with Gasteiger partial charge < -0.3 is 14.2 Å². The second kappa shape index (κ2) is 3.15. The lowest BCUT2D eigenvalue weighted by Crippen LogP contribution is -2.13. The topological polar surface area (TPSA) is 27.7 Å². The zero-order chi connectivity index (χ0) is 6.69. The van der Waals surface area contributed by atoms with Gasteiger partial charge in [0.25, 0.3) is 0 Å². The Morgan fingerprint density at radius 2 is 1.56 bits per heavy atom. The number of methoxy groups -OCH3 is 2. The van der Waals surface area contributed by atoms with E-state index in [1.165, 1.54) is 0 Å². The van der Waals surface area contributed by atoms with Crippen molar-refractivity contribution in [3.05, 3.63) is 0 Å². The van der Waals surface area contributed by atoms with E-state index in [-0.39, 0.29) is 12.6 Å². The predicted molar refractivity (Wildman–Crippen MR) is 31.9 cm³/mol. The third-order valence-electron chi connectivity index (χ3n) is 1.47. The summed E-state index contributed by atoms with van der Waals surface area (Å²) in [7, 11) is 3.28. The lowest BCUT2D eigenvalue weighted by molar-refractivity contribution is -0.185. The Hall–Kier alpha value is -0.120. The Morgan fingerprint density at radius 1 is 1.11 bits per heavy atom. The first kappa shape index (κ1) is 6.99. The summed E-state index contributed by atoms with van der Waals surface area (Å²) in [5.41, 5.74) is 0. The van der Waals surface area contributed by atoms with Crippen molar-refractivity contribution < 1.29 is 14.2 Å². The minimum absolute atomic E-state index is 0.0463. The summed E-state index contributed by atoms with van der Waals surface area (Å²) in [6.45, 7) is 0. The van der Waals surface area contributed by atoms with Crippen LogP contribution in [0.4, 0.5) is 0 Å². The minimum Gasteiger partial charge on any atom is -0.356 e. The van der Waals surface area contributed by atoms with Gasteiger partial charge in [-0.3, -0.25) is 0 Å². The summed E-state index contributed by atoms with van der Waals surface area (Å²) in [5.74, 6) is 0. The van der Waals surface area contributed by atoms with Crippen LogP contribution < -0.4 is 0 Å². The molecule has 0 N–H and O–H groups in total. The molecule has 3 nitrogen and oxygen atoms in total. The molecule has 54 valence electrons. The third kappa shape index (κ3) is 1.64. The average Bonchev–Trinajstić information content (AvgIpc) is 2.34. The fourth-order valence-electron chi connectivity index (χ4n) is 0.924. The third-order valence-corrected chi connectivity index (χ3v) is 1.47. The molecular weight excluding hydrogens is 120 g/mol. The van der Waals surface area contributed by atoms with Gasteiger partial charge in [0, 0.05) is 27.1 Å². The van der Waals surface area contributed by atoms with Crippen LogP contribution in [0.5, 0.6) is 0 Å². The highest BCUT2D eigenvalue weighted by Gasteiger charge is 2.23. The molecule has 0 aromatic heterocycles. The van der Waals surface area contributed by atoms with Gasteiger partial charge in [-0.05, 0) is 0 Å². The second-order valence-electron chi connectivity index (χ2n) is 2.04. The van der Waals surface area contributed by atoms with Gasteiger partial charge in [0.05, 0.1) is 0 Å². The van der Waals surface area contributed by atoms with Gasteiger partial charge in [-0.15, -0.1) is 0 Å². The SMILES string of the molecule is COC1CC[C@H](OC)O1. The van der Waals surface area contributed by atoms with Gasteiger partial charge in [-0.25, -0.2) is 0 Å². The van der Waals surface area contributed by atoms with E-state index in [0.29, 0.717) is 0 Å². The van der Waals surface area contributed by atoms with Gasteiger partial charge in [-0.2, -0.15) is 0 Å². The molecule has 1 aliphatic heterocycles. The molecule has 1 saturated heterocycles. The summed E-state index contributed by atoms with van der Waals surface area (Å²) in [4.78, 5) is 0. The zero-order valence-corrected chi connectivity index (χ0v) is 5.79. The van der Waals surface area contributed by atoms with Crippen molar-refractivity contribution in [2.75, 3.05) is 14.2 Å². The lowest BCUT2D eigenvalue weighted by atomic mass is 10.3. The highest BCUT2D eigenvalue weighted by molar-refractivity contribution is 4.58. The van der Waals surface area contributed by atoms with Crippen LogP contribution in [0.2, 0.25) is 0 Å². The van der Waals surface area contributed by atoms with Crippen LogP contribution in [-0.2, 0) is 14.2 Å². The minimum atomic E-state index is -0.0463. The molecule has 0 saturated carbocycles. The molecule has 0 aromatic rings. The fourth-order valence-corrected chi connectivity index (χ4v) is 0.924. The van der Waals surface area contributed by atoms with Gasteiger partial charge in [-0.1, -0.05) is 0 Å². The van der Waals surface area contributed by atoms with Gasteiger partial charge in [0.15, 0.2) is 12.6 Å². The quantitative estimate of drug-likeness (QED) is 0.554. The van der Waals surface area contributed by atoms with E-state index in [4.69, 9.17) is 14.2 Å². The van der Waals surface area contributed by atoms with Crippen LogP contribution in [-0.4, -0.2) is 26.8 Å². The number of hydrogen-bond donors (Lipinski definition) is 0. The molecule has 1 rings (SSSR count). The molecule has 0 bridgehead atoms. The Bertz CT molecular complexity index is 74.4. The number of rotatable bonds is 2. The number of ether oxygens (including phenoxy) is 3. The molecular formula is C6H12O3. The van der Waals surface area contributed by atoms with Gasteiger partial charge in [0.1, 0.15) is 0 Å². The highest BCUT2D eigenvalue weighted by atomic mass is 16.8. The molecule has 0 radical (unpaired) electrons. The largest absolute Gasteiger partial charge is 0.356 e. The molecule has 3 heteroatoms. The van der Waals surface area contributed by atoms with E-state index in [9.17, 15) is 0 Å². The Morgan fingerprint density at radius 3 is 1.78 bits per heavy atom. The summed E-state index contributed by atoms with van der Waals surface area (Å²) >= 11 is 0. The maximum Gasteiger partial charge on any atom is 0.160 e. The monoisotopic (exact) mass is 132 g/mol. The van der Waals surface area contributed by atoms with Crippen LogP contribution in [0.25, 0.3) is 0 Å². The van der Waals surface area contributed by atoms with E-state index in [0.717, 1.165) is 12.8 Å². The average molecular weight is 132 g/mol. The fraction of sp³-hybridized carbons (Fsp3) is 1.00.